The summed E-state index contributed by atoms with van der Waals surface area (Å²) in [5.74, 6) is 2.49. The lowest BCUT2D eigenvalue weighted by Crippen LogP contribution is -2.40. The zero-order valence-corrected chi connectivity index (χ0v) is 19.7. The second kappa shape index (κ2) is 10.6. The molecule has 3 aliphatic heterocycles. The van der Waals surface area contributed by atoms with Crippen molar-refractivity contribution < 1.29 is 19.3 Å². The van der Waals surface area contributed by atoms with Gasteiger partial charge in [0.15, 0.2) is 11.5 Å². The minimum Gasteiger partial charge on any atom is -0.497 e. The smallest absolute Gasteiger partial charge is 0.161 e. The first kappa shape index (κ1) is 22.9. The van der Waals surface area contributed by atoms with Crippen LogP contribution in [0.5, 0.6) is 17.2 Å². The standard InChI is InChI=1S/C27H33N3O4/c1-32-21-5-6-24-23(14-21)22(8-9-29-24)25(31)18-30-10-2-3-20(17-30)16-28-15-19-4-7-26-27(13-19)34-12-11-33-26/h3-7,9,13-14,22,25,28,31H,2,8,10-12,15-18H2,1H3. The predicted molar refractivity (Wildman–Crippen MR) is 133 cm³/mol. The molecule has 2 aromatic rings. The summed E-state index contributed by atoms with van der Waals surface area (Å²) in [6.07, 6.45) is 5.54. The summed E-state index contributed by atoms with van der Waals surface area (Å²) in [5, 5.41) is 14.7. The van der Waals surface area contributed by atoms with Crippen LogP contribution in [0.3, 0.4) is 0 Å². The molecule has 0 radical (unpaired) electrons. The Bertz CT molecular complexity index is 1070. The number of hydrogen-bond donors (Lipinski definition) is 2. The molecule has 0 aromatic heterocycles. The number of aliphatic imine (C=N–C) groups is 1. The molecule has 0 bridgehead atoms. The van der Waals surface area contributed by atoms with Gasteiger partial charge in [-0.2, -0.15) is 0 Å². The summed E-state index contributed by atoms with van der Waals surface area (Å²) in [4.78, 5) is 6.86. The van der Waals surface area contributed by atoms with Crippen molar-refractivity contribution >= 4 is 11.9 Å². The number of β-amino-alcohol motifs (C(OH)–C–C–N with tert-alkyl or cyclic N) is 1. The maximum Gasteiger partial charge on any atom is 0.161 e. The average Bonchev–Trinajstić information content (AvgIpc) is 2.88. The van der Waals surface area contributed by atoms with Gasteiger partial charge in [0.05, 0.1) is 18.9 Å². The van der Waals surface area contributed by atoms with Crippen LogP contribution in [-0.2, 0) is 6.54 Å². The van der Waals surface area contributed by atoms with Gasteiger partial charge in [0.1, 0.15) is 19.0 Å². The zero-order valence-electron chi connectivity index (χ0n) is 19.7. The number of nitrogens with one attached hydrogen (secondary N) is 1. The third-order valence-corrected chi connectivity index (χ3v) is 6.73. The van der Waals surface area contributed by atoms with E-state index in [4.69, 9.17) is 14.2 Å². The molecule has 34 heavy (non-hydrogen) atoms. The minimum absolute atomic E-state index is 0.0327. The number of rotatable bonds is 8. The molecule has 2 aromatic carbocycles. The fourth-order valence-corrected chi connectivity index (χ4v) is 4.95. The van der Waals surface area contributed by atoms with Gasteiger partial charge < -0.3 is 24.6 Å². The molecule has 0 amide bonds. The van der Waals surface area contributed by atoms with E-state index in [-0.39, 0.29) is 5.92 Å². The highest BCUT2D eigenvalue weighted by molar-refractivity contribution is 5.71. The summed E-state index contributed by atoms with van der Waals surface area (Å²) in [6.45, 7) is 5.30. The van der Waals surface area contributed by atoms with Crippen LogP contribution in [0.1, 0.15) is 29.9 Å². The Morgan fingerprint density at radius 2 is 2.03 bits per heavy atom. The summed E-state index contributed by atoms with van der Waals surface area (Å²) < 4.78 is 16.7. The van der Waals surface area contributed by atoms with Gasteiger partial charge in [0.2, 0.25) is 0 Å². The number of hydrogen-bond acceptors (Lipinski definition) is 7. The Hall–Kier alpha value is -2.87. The third kappa shape index (κ3) is 5.27. The van der Waals surface area contributed by atoms with E-state index in [0.717, 1.165) is 67.5 Å². The van der Waals surface area contributed by atoms with E-state index in [1.165, 1.54) is 11.1 Å². The Labute approximate surface area is 201 Å². The molecular weight excluding hydrogens is 430 g/mol. The largest absolute Gasteiger partial charge is 0.497 e. The maximum atomic E-state index is 11.1. The fraction of sp³-hybridized carbons (Fsp3) is 0.444. The van der Waals surface area contributed by atoms with Crippen LogP contribution in [0.15, 0.2) is 53.0 Å². The number of aliphatic hydroxyl groups is 1. The van der Waals surface area contributed by atoms with Crippen molar-refractivity contribution in [3.05, 3.63) is 59.2 Å². The summed E-state index contributed by atoms with van der Waals surface area (Å²) >= 11 is 0. The molecule has 7 nitrogen and oxygen atoms in total. The SMILES string of the molecule is COc1ccc2c(c1)C(C(O)CN1CCC=C(CNCc3ccc4c(c3)OCCO4)C1)CC=N2. The van der Waals surface area contributed by atoms with E-state index in [1.807, 2.05) is 30.5 Å². The molecular formula is C27H33N3O4. The fourth-order valence-electron chi connectivity index (χ4n) is 4.95. The quantitative estimate of drug-likeness (QED) is 0.584. The normalized spacial score (nSPS) is 20.4. The molecule has 7 heteroatoms. The molecule has 2 N–H and O–H groups in total. The van der Waals surface area contributed by atoms with Crippen molar-refractivity contribution in [1.82, 2.24) is 10.2 Å². The van der Waals surface area contributed by atoms with Gasteiger partial charge in [0.25, 0.3) is 0 Å². The van der Waals surface area contributed by atoms with Crippen LogP contribution in [0.4, 0.5) is 5.69 Å². The van der Waals surface area contributed by atoms with Gasteiger partial charge in [-0.15, -0.1) is 0 Å². The molecule has 5 rings (SSSR count). The minimum atomic E-state index is -0.456. The monoisotopic (exact) mass is 463 g/mol. The van der Waals surface area contributed by atoms with Gasteiger partial charge in [-0.1, -0.05) is 12.1 Å². The lowest BCUT2D eigenvalue weighted by atomic mass is 9.87. The molecule has 3 heterocycles. The van der Waals surface area contributed by atoms with Crippen molar-refractivity contribution in [2.45, 2.75) is 31.4 Å². The van der Waals surface area contributed by atoms with Crippen LogP contribution in [0.2, 0.25) is 0 Å². The van der Waals surface area contributed by atoms with Crippen LogP contribution in [0.25, 0.3) is 0 Å². The molecule has 3 aliphatic rings. The van der Waals surface area contributed by atoms with Crippen LogP contribution in [-0.4, -0.2) is 68.8 Å². The summed E-state index contributed by atoms with van der Waals surface area (Å²) in [5.41, 5.74) is 4.55. The Morgan fingerprint density at radius 1 is 1.15 bits per heavy atom. The van der Waals surface area contributed by atoms with Gasteiger partial charge in [0, 0.05) is 44.9 Å². The molecule has 0 aliphatic carbocycles. The van der Waals surface area contributed by atoms with Crippen molar-refractivity contribution in [3.8, 4) is 17.2 Å². The van der Waals surface area contributed by atoms with Crippen molar-refractivity contribution in [1.29, 1.82) is 0 Å². The Morgan fingerprint density at radius 3 is 2.91 bits per heavy atom. The lowest BCUT2D eigenvalue weighted by molar-refractivity contribution is 0.0935. The van der Waals surface area contributed by atoms with Crippen molar-refractivity contribution in [2.75, 3.05) is 46.5 Å². The van der Waals surface area contributed by atoms with Gasteiger partial charge in [-0.3, -0.25) is 9.89 Å². The molecule has 0 saturated carbocycles. The number of fused-ring (bicyclic) bond motifs is 2. The number of nitrogens with zero attached hydrogens (tertiary/aromatic N) is 2. The average molecular weight is 464 g/mol. The highest BCUT2D eigenvalue weighted by Crippen LogP contribution is 2.37. The van der Waals surface area contributed by atoms with Crippen molar-refractivity contribution in [2.24, 2.45) is 4.99 Å². The molecule has 0 spiro atoms. The summed E-state index contributed by atoms with van der Waals surface area (Å²) in [6, 6.07) is 12.0. The summed E-state index contributed by atoms with van der Waals surface area (Å²) in [7, 11) is 1.67. The maximum absolute atomic E-state index is 11.1. The topological polar surface area (TPSA) is 75.6 Å². The lowest BCUT2D eigenvalue weighted by Gasteiger charge is -2.33. The predicted octanol–water partition coefficient (Wildman–Crippen LogP) is 3.44. The van der Waals surface area contributed by atoms with E-state index in [9.17, 15) is 5.11 Å². The van der Waals surface area contributed by atoms with Crippen LogP contribution < -0.4 is 19.5 Å². The molecule has 180 valence electrons. The number of methoxy groups -OCH3 is 1. The van der Waals surface area contributed by atoms with E-state index >= 15 is 0 Å². The van der Waals surface area contributed by atoms with E-state index in [2.05, 4.69) is 33.4 Å². The van der Waals surface area contributed by atoms with Gasteiger partial charge in [-0.25, -0.2) is 0 Å². The first-order valence-electron chi connectivity index (χ1n) is 12.1. The highest BCUT2D eigenvalue weighted by Gasteiger charge is 2.28. The van der Waals surface area contributed by atoms with Crippen molar-refractivity contribution in [3.63, 3.8) is 0 Å². The second-order valence-electron chi connectivity index (χ2n) is 9.11. The number of ether oxygens (including phenoxy) is 3. The molecule has 0 saturated heterocycles. The van der Waals surface area contributed by atoms with Crippen LogP contribution in [0, 0.1) is 0 Å². The molecule has 0 fully saturated rings. The third-order valence-electron chi connectivity index (χ3n) is 6.73. The first-order valence-corrected chi connectivity index (χ1v) is 12.1. The number of benzene rings is 2. The number of aliphatic hydroxyl groups excluding tert-OH is 1. The molecule has 2 atom stereocenters. The molecule has 2 unspecified atom stereocenters. The second-order valence-corrected chi connectivity index (χ2v) is 9.11. The zero-order chi connectivity index (χ0) is 23.3. The van der Waals surface area contributed by atoms with Crippen LogP contribution >= 0.6 is 0 Å². The van der Waals surface area contributed by atoms with E-state index < -0.39 is 6.10 Å². The Kier molecular flexibility index (Phi) is 7.13. The Balaban J connectivity index is 1.13. The van der Waals surface area contributed by atoms with E-state index in [0.29, 0.717) is 19.8 Å². The van der Waals surface area contributed by atoms with E-state index in [1.54, 1.807) is 7.11 Å². The highest BCUT2D eigenvalue weighted by atomic mass is 16.6. The van der Waals surface area contributed by atoms with Gasteiger partial charge >= 0.3 is 0 Å². The van der Waals surface area contributed by atoms with Gasteiger partial charge in [-0.05, 0) is 59.9 Å². The first-order chi connectivity index (χ1) is 16.7.